The molecule has 1 aromatic rings. The average molecular weight is 290 g/mol. The fraction of sp³-hybridized carbons (Fsp3) is 0.250. The zero-order valence-electron chi connectivity index (χ0n) is 12.5. The number of benzene rings is 1. The van der Waals surface area contributed by atoms with Crippen molar-refractivity contribution in [2.24, 2.45) is 0 Å². The van der Waals surface area contributed by atoms with Crippen molar-refractivity contribution in [1.29, 1.82) is 0 Å². The molecule has 5 nitrogen and oxygen atoms in total. The lowest BCUT2D eigenvalue weighted by Gasteiger charge is -2.08. The quantitative estimate of drug-likeness (QED) is 0.474. The third kappa shape index (κ3) is 5.52. The van der Waals surface area contributed by atoms with Gasteiger partial charge in [0.15, 0.2) is 11.5 Å². The van der Waals surface area contributed by atoms with Crippen molar-refractivity contribution < 1.29 is 23.8 Å². The van der Waals surface area contributed by atoms with E-state index >= 15 is 0 Å². The second-order valence-electron chi connectivity index (χ2n) is 4.41. The zero-order valence-corrected chi connectivity index (χ0v) is 12.5. The molecule has 0 bridgehead atoms. The van der Waals surface area contributed by atoms with Gasteiger partial charge >= 0.3 is 11.9 Å². The van der Waals surface area contributed by atoms with E-state index in [4.69, 9.17) is 9.47 Å². The maximum atomic E-state index is 11.6. The Bertz CT molecular complexity index is 580. The minimum Gasteiger partial charge on any atom is -0.493 e. The molecule has 21 heavy (non-hydrogen) atoms. The summed E-state index contributed by atoms with van der Waals surface area (Å²) in [7, 11) is 2.78. The van der Waals surface area contributed by atoms with E-state index in [2.05, 4.69) is 4.74 Å². The van der Waals surface area contributed by atoms with E-state index < -0.39 is 11.9 Å². The molecule has 0 saturated heterocycles. The highest BCUT2D eigenvalue weighted by molar-refractivity contribution is 5.87. The predicted octanol–water partition coefficient (Wildman–Crippen LogP) is 2.75. The summed E-state index contributed by atoms with van der Waals surface area (Å²) in [6.07, 6.45) is 4.27. The molecule has 0 aliphatic rings. The molecular formula is C16H18O5. The summed E-state index contributed by atoms with van der Waals surface area (Å²) < 4.78 is 14.9. The van der Waals surface area contributed by atoms with Gasteiger partial charge in [-0.25, -0.2) is 9.59 Å². The van der Waals surface area contributed by atoms with E-state index in [0.717, 1.165) is 11.1 Å². The van der Waals surface area contributed by atoms with Gasteiger partial charge < -0.3 is 14.2 Å². The van der Waals surface area contributed by atoms with Crippen LogP contribution in [0.4, 0.5) is 0 Å². The molecule has 0 radical (unpaired) electrons. The predicted molar refractivity (Wildman–Crippen MR) is 79.1 cm³/mol. The van der Waals surface area contributed by atoms with Crippen molar-refractivity contribution >= 4 is 18.0 Å². The molecule has 0 aliphatic carbocycles. The SMILES string of the molecule is COC(=O)/C=C/c1ccc(OC(=O)C=C(C)C)c(OC)c1. The van der Waals surface area contributed by atoms with E-state index in [9.17, 15) is 9.59 Å². The number of carbonyl (C=O) groups is 2. The standard InChI is InChI=1S/C16H18O5/c1-11(2)9-16(18)21-13-7-5-12(10-14(13)19-3)6-8-15(17)20-4/h5-10H,1-4H3/b8-6+. The number of methoxy groups -OCH3 is 2. The molecule has 0 fully saturated rings. The lowest BCUT2D eigenvalue weighted by Crippen LogP contribution is -2.05. The van der Waals surface area contributed by atoms with Crippen molar-refractivity contribution in [3.05, 3.63) is 41.5 Å². The Morgan fingerprint density at radius 3 is 2.33 bits per heavy atom. The highest BCUT2D eigenvalue weighted by Crippen LogP contribution is 2.28. The molecule has 1 rings (SSSR count). The zero-order chi connectivity index (χ0) is 15.8. The summed E-state index contributed by atoms with van der Waals surface area (Å²) >= 11 is 0. The molecule has 0 aliphatic heterocycles. The van der Waals surface area contributed by atoms with Gasteiger partial charge in [-0.1, -0.05) is 11.6 Å². The van der Waals surface area contributed by atoms with E-state index in [-0.39, 0.29) is 0 Å². The average Bonchev–Trinajstić information content (AvgIpc) is 2.44. The van der Waals surface area contributed by atoms with Crippen LogP contribution in [0.2, 0.25) is 0 Å². The van der Waals surface area contributed by atoms with Crippen LogP contribution in [0.25, 0.3) is 6.08 Å². The number of allylic oxidation sites excluding steroid dienone is 1. The summed E-state index contributed by atoms with van der Waals surface area (Å²) in [6.45, 7) is 3.61. The van der Waals surface area contributed by atoms with Crippen LogP contribution >= 0.6 is 0 Å². The van der Waals surface area contributed by atoms with Crippen molar-refractivity contribution in [3.8, 4) is 11.5 Å². The van der Waals surface area contributed by atoms with Crippen LogP contribution in [0.15, 0.2) is 35.9 Å². The Labute approximate surface area is 123 Å². The minimum absolute atomic E-state index is 0.315. The van der Waals surface area contributed by atoms with Gasteiger partial charge in [-0.05, 0) is 37.6 Å². The van der Waals surface area contributed by atoms with Gasteiger partial charge in [0.2, 0.25) is 0 Å². The van der Waals surface area contributed by atoms with Gasteiger partial charge in [-0.3, -0.25) is 0 Å². The van der Waals surface area contributed by atoms with Crippen LogP contribution in [-0.2, 0) is 14.3 Å². The van der Waals surface area contributed by atoms with E-state index in [1.54, 1.807) is 38.1 Å². The Morgan fingerprint density at radius 2 is 1.76 bits per heavy atom. The Morgan fingerprint density at radius 1 is 1.05 bits per heavy atom. The number of ether oxygens (including phenoxy) is 3. The van der Waals surface area contributed by atoms with Crippen molar-refractivity contribution in [2.45, 2.75) is 13.8 Å². The van der Waals surface area contributed by atoms with Gasteiger partial charge in [0.05, 0.1) is 14.2 Å². The number of rotatable bonds is 5. The summed E-state index contributed by atoms with van der Waals surface area (Å²) in [6, 6.07) is 4.96. The Balaban J connectivity index is 2.94. The van der Waals surface area contributed by atoms with E-state index in [0.29, 0.717) is 11.5 Å². The number of carbonyl (C=O) groups excluding carboxylic acids is 2. The van der Waals surface area contributed by atoms with Crippen LogP contribution in [0.3, 0.4) is 0 Å². The first-order chi connectivity index (χ1) is 9.96. The first kappa shape index (κ1) is 16.5. The van der Waals surface area contributed by atoms with Gasteiger partial charge in [0.25, 0.3) is 0 Å². The van der Waals surface area contributed by atoms with Crippen LogP contribution in [0.5, 0.6) is 11.5 Å². The fourth-order valence-corrected chi connectivity index (χ4v) is 1.48. The summed E-state index contributed by atoms with van der Waals surface area (Å²) in [5, 5.41) is 0. The van der Waals surface area contributed by atoms with Crippen LogP contribution in [-0.4, -0.2) is 26.2 Å². The molecule has 0 heterocycles. The summed E-state index contributed by atoms with van der Waals surface area (Å²) in [5.41, 5.74) is 1.57. The number of esters is 2. The number of hydrogen-bond acceptors (Lipinski definition) is 5. The van der Waals surface area contributed by atoms with E-state index in [1.807, 2.05) is 0 Å². The van der Waals surface area contributed by atoms with Gasteiger partial charge in [0.1, 0.15) is 0 Å². The smallest absolute Gasteiger partial charge is 0.336 e. The summed E-state index contributed by atoms with van der Waals surface area (Å²) in [5.74, 6) is -0.202. The maximum Gasteiger partial charge on any atom is 0.336 e. The molecule has 112 valence electrons. The second-order valence-corrected chi connectivity index (χ2v) is 4.41. The lowest BCUT2D eigenvalue weighted by molar-refractivity contribution is -0.134. The topological polar surface area (TPSA) is 61.8 Å². The van der Waals surface area contributed by atoms with Gasteiger partial charge in [-0.15, -0.1) is 0 Å². The molecule has 0 saturated carbocycles. The minimum atomic E-state index is -0.467. The maximum absolute atomic E-state index is 11.6. The van der Waals surface area contributed by atoms with Crippen molar-refractivity contribution in [3.63, 3.8) is 0 Å². The first-order valence-electron chi connectivity index (χ1n) is 6.27. The Kier molecular flexibility index (Phi) is 6.20. The molecule has 5 heteroatoms. The fourth-order valence-electron chi connectivity index (χ4n) is 1.48. The molecule has 1 aromatic carbocycles. The monoisotopic (exact) mass is 290 g/mol. The van der Waals surface area contributed by atoms with Crippen molar-refractivity contribution in [2.75, 3.05) is 14.2 Å². The summed E-state index contributed by atoms with van der Waals surface area (Å²) in [4.78, 5) is 22.6. The molecule has 0 unspecified atom stereocenters. The van der Waals surface area contributed by atoms with Crippen molar-refractivity contribution in [1.82, 2.24) is 0 Å². The number of hydrogen-bond donors (Lipinski definition) is 0. The Hall–Kier alpha value is -2.56. The van der Waals surface area contributed by atoms with Gasteiger partial charge in [0, 0.05) is 12.2 Å². The van der Waals surface area contributed by atoms with Crippen LogP contribution in [0, 0.1) is 0 Å². The molecule has 0 amide bonds. The first-order valence-corrected chi connectivity index (χ1v) is 6.27. The highest BCUT2D eigenvalue weighted by Gasteiger charge is 2.08. The normalized spacial score (nSPS) is 10.1. The van der Waals surface area contributed by atoms with E-state index in [1.165, 1.54) is 26.4 Å². The molecule has 0 aromatic heterocycles. The van der Waals surface area contributed by atoms with Crippen LogP contribution < -0.4 is 9.47 Å². The molecular weight excluding hydrogens is 272 g/mol. The highest BCUT2D eigenvalue weighted by atomic mass is 16.6. The largest absolute Gasteiger partial charge is 0.493 e. The molecule has 0 spiro atoms. The lowest BCUT2D eigenvalue weighted by atomic mass is 10.2. The molecule has 0 N–H and O–H groups in total. The van der Waals surface area contributed by atoms with Gasteiger partial charge in [-0.2, -0.15) is 0 Å². The third-order valence-electron chi connectivity index (χ3n) is 2.42. The van der Waals surface area contributed by atoms with Crippen LogP contribution in [0.1, 0.15) is 19.4 Å². The second kappa shape index (κ2) is 7.89. The molecule has 0 atom stereocenters. The third-order valence-corrected chi connectivity index (χ3v) is 2.42.